The van der Waals surface area contributed by atoms with Crippen molar-refractivity contribution in [1.82, 2.24) is 0 Å². The fraction of sp³-hybridized carbons (Fsp3) is 0.952. The lowest BCUT2D eigenvalue weighted by molar-refractivity contribution is -0.242. The third-order valence-electron chi connectivity index (χ3n) is 9.07. The molecule has 1 saturated heterocycles. The summed E-state index contributed by atoms with van der Waals surface area (Å²) >= 11 is 0. The Morgan fingerprint density at radius 1 is 0.958 bits per heavy atom. The molecule has 1 aliphatic heterocycles. The lowest BCUT2D eigenvalue weighted by Crippen LogP contribution is -2.60. The van der Waals surface area contributed by atoms with Gasteiger partial charge in [0.2, 0.25) is 0 Å². The van der Waals surface area contributed by atoms with Crippen molar-refractivity contribution in [3.05, 3.63) is 0 Å². The van der Waals surface area contributed by atoms with Crippen molar-refractivity contribution in [3.63, 3.8) is 0 Å². The van der Waals surface area contributed by atoms with Gasteiger partial charge in [0.25, 0.3) is 0 Å². The number of Topliss-reactive ketones (excluding diaryl/α,β-unsaturated/α-hetero) is 1. The second-order valence-electron chi connectivity index (χ2n) is 9.82. The zero-order valence-electron chi connectivity index (χ0n) is 15.3. The highest BCUT2D eigenvalue weighted by Gasteiger charge is 2.69. The minimum Gasteiger partial charge on any atom is -0.347 e. The Morgan fingerprint density at radius 3 is 2.54 bits per heavy atom. The van der Waals surface area contributed by atoms with E-state index in [1.807, 2.05) is 0 Å². The predicted molar refractivity (Wildman–Crippen MR) is 91.4 cm³/mol. The molecule has 5 fully saturated rings. The van der Waals surface area contributed by atoms with E-state index in [2.05, 4.69) is 13.8 Å². The van der Waals surface area contributed by atoms with Crippen molar-refractivity contribution in [1.29, 1.82) is 0 Å². The first-order chi connectivity index (χ1) is 11.5. The summed E-state index contributed by atoms with van der Waals surface area (Å²) in [5.41, 5.74) is 0.173. The molecule has 0 aromatic heterocycles. The SMILES string of the molecule is C[C@]12CC(=O)C3C(CC[C@@H]4CCCC[C@]34C)C1CCC21OCCO1. The molecule has 4 saturated carbocycles. The molecule has 0 bridgehead atoms. The standard InChI is InChI=1S/C21H32O3/c1-19-9-4-3-5-14(19)6-7-15-16-8-10-21(23-11-12-24-21)20(16,2)13-17(22)18(15)19/h14-16,18H,3-13H2,1-2H3/t14-,15?,16?,18?,19-,20-/m0/s1. The Morgan fingerprint density at radius 2 is 1.75 bits per heavy atom. The first-order valence-electron chi connectivity index (χ1n) is 10.3. The van der Waals surface area contributed by atoms with Crippen molar-refractivity contribution in [3.8, 4) is 0 Å². The summed E-state index contributed by atoms with van der Waals surface area (Å²) in [7, 11) is 0. The van der Waals surface area contributed by atoms with E-state index in [0.717, 1.165) is 12.3 Å². The third-order valence-corrected chi connectivity index (χ3v) is 9.07. The number of hydrogen-bond acceptors (Lipinski definition) is 3. The van der Waals surface area contributed by atoms with Gasteiger partial charge in [-0.3, -0.25) is 4.79 Å². The number of ketones is 1. The molecule has 1 heterocycles. The van der Waals surface area contributed by atoms with E-state index < -0.39 is 5.79 Å². The molecule has 4 aliphatic carbocycles. The number of ether oxygens (including phenoxy) is 2. The Labute approximate surface area is 145 Å². The summed E-state index contributed by atoms with van der Waals surface area (Å²) in [6.45, 7) is 6.16. The van der Waals surface area contributed by atoms with Crippen molar-refractivity contribution in [2.75, 3.05) is 13.2 Å². The molecule has 0 amide bonds. The van der Waals surface area contributed by atoms with Gasteiger partial charge in [0.05, 0.1) is 13.2 Å². The molecular weight excluding hydrogens is 300 g/mol. The first kappa shape index (κ1) is 15.8. The van der Waals surface area contributed by atoms with Crippen LogP contribution in [0.1, 0.15) is 71.6 Å². The quantitative estimate of drug-likeness (QED) is 0.662. The highest BCUT2D eigenvalue weighted by Crippen LogP contribution is 2.68. The van der Waals surface area contributed by atoms with E-state index in [-0.39, 0.29) is 10.8 Å². The molecule has 6 atom stereocenters. The lowest BCUT2D eigenvalue weighted by atomic mass is 9.44. The summed E-state index contributed by atoms with van der Waals surface area (Å²) in [5.74, 6) is 2.36. The molecule has 0 N–H and O–H groups in total. The lowest BCUT2D eigenvalue weighted by Gasteiger charge is -2.60. The monoisotopic (exact) mass is 332 g/mol. The average molecular weight is 332 g/mol. The van der Waals surface area contributed by atoms with Crippen LogP contribution < -0.4 is 0 Å². The molecule has 3 nitrogen and oxygen atoms in total. The summed E-state index contributed by atoms with van der Waals surface area (Å²) < 4.78 is 12.3. The zero-order chi connectivity index (χ0) is 16.6. The number of rotatable bonds is 0. The van der Waals surface area contributed by atoms with Crippen LogP contribution in [0.15, 0.2) is 0 Å². The van der Waals surface area contributed by atoms with Crippen LogP contribution in [-0.2, 0) is 14.3 Å². The number of fused-ring (bicyclic) bond motifs is 6. The molecular formula is C21H32O3. The molecule has 0 radical (unpaired) electrons. The van der Waals surface area contributed by atoms with Crippen molar-refractivity contribution in [2.45, 2.75) is 77.4 Å². The Bertz CT molecular complexity index is 551. The molecule has 3 unspecified atom stereocenters. The van der Waals surface area contributed by atoms with Gasteiger partial charge >= 0.3 is 0 Å². The van der Waals surface area contributed by atoms with Crippen LogP contribution in [0.25, 0.3) is 0 Å². The highest BCUT2D eigenvalue weighted by molar-refractivity contribution is 5.84. The van der Waals surface area contributed by atoms with E-state index in [1.165, 1.54) is 44.9 Å². The second kappa shape index (κ2) is 5.07. The molecule has 5 aliphatic rings. The van der Waals surface area contributed by atoms with Crippen LogP contribution >= 0.6 is 0 Å². The highest BCUT2D eigenvalue weighted by atomic mass is 16.7. The average Bonchev–Trinajstić information content (AvgIpc) is 3.13. The van der Waals surface area contributed by atoms with Crippen LogP contribution in [-0.4, -0.2) is 24.8 Å². The molecule has 3 heteroatoms. The fourth-order valence-electron chi connectivity index (χ4n) is 7.99. The first-order valence-corrected chi connectivity index (χ1v) is 10.3. The summed E-state index contributed by atoms with van der Waals surface area (Å²) in [5, 5.41) is 0. The van der Waals surface area contributed by atoms with E-state index in [9.17, 15) is 4.79 Å². The Kier molecular flexibility index (Phi) is 3.34. The third kappa shape index (κ3) is 1.79. The largest absolute Gasteiger partial charge is 0.347 e. The van der Waals surface area contributed by atoms with Gasteiger partial charge in [-0.15, -0.1) is 0 Å². The minimum atomic E-state index is -0.456. The van der Waals surface area contributed by atoms with Crippen LogP contribution in [0.4, 0.5) is 0 Å². The normalized spacial score (nSPS) is 52.8. The van der Waals surface area contributed by atoms with Crippen LogP contribution in [0, 0.1) is 34.5 Å². The van der Waals surface area contributed by atoms with E-state index in [0.29, 0.717) is 43.2 Å². The van der Waals surface area contributed by atoms with Gasteiger partial charge in [-0.05, 0) is 55.3 Å². The number of carbonyl (C=O) groups is 1. The minimum absolute atomic E-state index is 0.0976. The molecule has 134 valence electrons. The maximum atomic E-state index is 13.5. The van der Waals surface area contributed by atoms with Gasteiger partial charge in [0.15, 0.2) is 5.79 Å². The molecule has 0 aromatic carbocycles. The Balaban J connectivity index is 1.53. The predicted octanol–water partition coefficient (Wildman–Crippen LogP) is 4.34. The number of carbonyl (C=O) groups excluding carboxylic acids is 1. The van der Waals surface area contributed by atoms with Crippen LogP contribution in [0.5, 0.6) is 0 Å². The molecule has 1 spiro atoms. The summed E-state index contributed by atoms with van der Waals surface area (Å²) in [4.78, 5) is 13.5. The maximum Gasteiger partial charge on any atom is 0.174 e. The van der Waals surface area contributed by atoms with Gasteiger partial charge in [-0.2, -0.15) is 0 Å². The van der Waals surface area contributed by atoms with Gasteiger partial charge < -0.3 is 9.47 Å². The van der Waals surface area contributed by atoms with E-state index >= 15 is 0 Å². The van der Waals surface area contributed by atoms with Crippen molar-refractivity contribution < 1.29 is 14.3 Å². The van der Waals surface area contributed by atoms with Gasteiger partial charge in [-0.1, -0.05) is 26.7 Å². The fourth-order valence-corrected chi connectivity index (χ4v) is 7.99. The summed E-state index contributed by atoms with van der Waals surface area (Å²) in [6, 6.07) is 0. The zero-order valence-corrected chi connectivity index (χ0v) is 15.3. The number of hydrogen-bond donors (Lipinski definition) is 0. The summed E-state index contributed by atoms with van der Waals surface area (Å²) in [6.07, 6.45) is 10.8. The molecule has 0 aromatic rings. The van der Waals surface area contributed by atoms with Gasteiger partial charge in [-0.25, -0.2) is 0 Å². The Hall–Kier alpha value is -0.410. The van der Waals surface area contributed by atoms with Gasteiger partial charge in [0, 0.05) is 24.2 Å². The van der Waals surface area contributed by atoms with Crippen molar-refractivity contribution >= 4 is 5.78 Å². The maximum absolute atomic E-state index is 13.5. The van der Waals surface area contributed by atoms with Crippen molar-refractivity contribution in [2.24, 2.45) is 34.5 Å². The van der Waals surface area contributed by atoms with Crippen LogP contribution in [0.3, 0.4) is 0 Å². The van der Waals surface area contributed by atoms with Gasteiger partial charge in [0.1, 0.15) is 5.78 Å². The van der Waals surface area contributed by atoms with E-state index in [1.54, 1.807) is 0 Å². The van der Waals surface area contributed by atoms with Crippen LogP contribution in [0.2, 0.25) is 0 Å². The molecule has 24 heavy (non-hydrogen) atoms. The smallest absolute Gasteiger partial charge is 0.174 e. The molecule has 5 rings (SSSR count). The second-order valence-corrected chi connectivity index (χ2v) is 9.82. The topological polar surface area (TPSA) is 35.5 Å². The van der Waals surface area contributed by atoms with E-state index in [4.69, 9.17) is 9.47 Å².